The van der Waals surface area contributed by atoms with Crippen molar-refractivity contribution >= 4 is 18.0 Å². The van der Waals surface area contributed by atoms with Crippen molar-refractivity contribution < 1.29 is 29.0 Å². The molecule has 8 heteroatoms. The minimum atomic E-state index is -1.04. The second kappa shape index (κ2) is 10.3. The normalized spacial score (nSPS) is 19.7. The van der Waals surface area contributed by atoms with E-state index in [0.29, 0.717) is 13.0 Å². The molecule has 1 heterocycles. The number of carbonyl (C=O) groups excluding carboxylic acids is 2. The highest BCUT2D eigenvalue weighted by Gasteiger charge is 2.36. The molecule has 2 amide bonds. The van der Waals surface area contributed by atoms with Crippen LogP contribution in [0.25, 0.3) is 11.1 Å². The smallest absolute Gasteiger partial charge is 0.407 e. The molecule has 2 aromatic carbocycles. The van der Waals surface area contributed by atoms with Gasteiger partial charge in [-0.25, -0.2) is 9.59 Å². The van der Waals surface area contributed by atoms with Crippen molar-refractivity contribution in [3.05, 3.63) is 59.7 Å². The van der Waals surface area contributed by atoms with Gasteiger partial charge in [-0.2, -0.15) is 0 Å². The predicted octanol–water partition coefficient (Wildman–Crippen LogP) is 3.25. The number of hydrogen-bond acceptors (Lipinski definition) is 5. The van der Waals surface area contributed by atoms with Crippen LogP contribution in [-0.4, -0.2) is 66.4 Å². The minimum absolute atomic E-state index is 0.0147. The summed E-state index contributed by atoms with van der Waals surface area (Å²) in [5.41, 5.74) is 4.63. The molecule has 0 saturated carbocycles. The molecule has 1 aliphatic heterocycles. The van der Waals surface area contributed by atoms with Crippen molar-refractivity contribution in [3.63, 3.8) is 0 Å². The zero-order chi connectivity index (χ0) is 24.2. The number of benzene rings is 2. The Morgan fingerprint density at radius 2 is 1.74 bits per heavy atom. The number of carboxylic acid groups (broad SMARTS) is 1. The largest absolute Gasteiger partial charge is 0.480 e. The summed E-state index contributed by atoms with van der Waals surface area (Å²) in [6.45, 7) is 4.22. The molecule has 4 rings (SSSR count). The van der Waals surface area contributed by atoms with Crippen molar-refractivity contribution in [2.45, 2.75) is 38.3 Å². The predicted molar refractivity (Wildman–Crippen MR) is 125 cm³/mol. The van der Waals surface area contributed by atoms with Crippen LogP contribution >= 0.6 is 0 Å². The number of aliphatic carboxylic acids is 1. The van der Waals surface area contributed by atoms with E-state index in [4.69, 9.17) is 9.47 Å². The van der Waals surface area contributed by atoms with Crippen LogP contribution in [0.15, 0.2) is 48.5 Å². The van der Waals surface area contributed by atoms with Crippen LogP contribution in [0, 0.1) is 5.92 Å². The minimum Gasteiger partial charge on any atom is -0.480 e. The molecule has 0 bridgehead atoms. The van der Waals surface area contributed by atoms with Gasteiger partial charge in [0.15, 0.2) is 0 Å². The van der Waals surface area contributed by atoms with Gasteiger partial charge in [0.1, 0.15) is 12.6 Å². The SMILES string of the molecule is CCN(C(=O)[C@@H]1CO[C@H](CNC(=O)OCC2c3ccccc3-c3ccccc32)C1)C(C)C(=O)O. The van der Waals surface area contributed by atoms with E-state index in [9.17, 15) is 19.5 Å². The number of rotatable bonds is 8. The summed E-state index contributed by atoms with van der Waals surface area (Å²) in [6, 6.07) is 15.4. The van der Waals surface area contributed by atoms with Gasteiger partial charge in [0.05, 0.1) is 18.6 Å². The summed E-state index contributed by atoms with van der Waals surface area (Å²) >= 11 is 0. The average molecular weight is 467 g/mol. The number of amides is 2. The van der Waals surface area contributed by atoms with Gasteiger partial charge in [-0.15, -0.1) is 0 Å². The monoisotopic (exact) mass is 466 g/mol. The number of nitrogens with one attached hydrogen (secondary N) is 1. The Bertz CT molecular complexity index is 1030. The van der Waals surface area contributed by atoms with E-state index in [-0.39, 0.29) is 37.7 Å². The number of likely N-dealkylation sites (N-methyl/N-ethyl adjacent to an activating group) is 1. The summed E-state index contributed by atoms with van der Waals surface area (Å²) in [5.74, 6) is -1.71. The van der Waals surface area contributed by atoms with Crippen molar-refractivity contribution in [3.8, 4) is 11.1 Å². The lowest BCUT2D eigenvalue weighted by Gasteiger charge is -2.27. The summed E-state index contributed by atoms with van der Waals surface area (Å²) in [5, 5.41) is 12.0. The Morgan fingerprint density at radius 1 is 1.12 bits per heavy atom. The van der Waals surface area contributed by atoms with Crippen LogP contribution in [0.5, 0.6) is 0 Å². The molecular weight excluding hydrogens is 436 g/mol. The first kappa shape index (κ1) is 23.8. The summed E-state index contributed by atoms with van der Waals surface area (Å²) in [4.78, 5) is 37.7. The molecular formula is C26H30N2O6. The summed E-state index contributed by atoms with van der Waals surface area (Å²) < 4.78 is 11.2. The third kappa shape index (κ3) is 4.77. The lowest BCUT2D eigenvalue weighted by Crippen LogP contribution is -2.46. The maximum Gasteiger partial charge on any atom is 0.407 e. The molecule has 0 radical (unpaired) electrons. The number of carboxylic acids is 1. The molecule has 0 spiro atoms. The molecule has 2 N–H and O–H groups in total. The standard InChI is InChI=1S/C26H30N2O6/c1-3-28(16(2)25(30)31)24(29)17-12-18(33-14-17)13-27-26(32)34-15-23-21-10-6-4-8-19(21)20-9-5-7-11-22(20)23/h4-11,16-18,23H,3,12-15H2,1-2H3,(H,27,32)(H,30,31)/t16?,17-,18-/m0/s1. The Morgan fingerprint density at radius 3 is 2.32 bits per heavy atom. The third-order valence-electron chi connectivity index (χ3n) is 6.70. The molecule has 34 heavy (non-hydrogen) atoms. The maximum absolute atomic E-state index is 12.7. The fourth-order valence-corrected chi connectivity index (χ4v) is 4.86. The number of nitrogens with zero attached hydrogens (tertiary/aromatic N) is 1. The van der Waals surface area contributed by atoms with Crippen LogP contribution < -0.4 is 5.32 Å². The lowest BCUT2D eigenvalue weighted by atomic mass is 9.98. The highest BCUT2D eigenvalue weighted by molar-refractivity contribution is 5.85. The number of ether oxygens (including phenoxy) is 2. The van der Waals surface area contributed by atoms with Gasteiger partial charge in [0.25, 0.3) is 0 Å². The molecule has 180 valence electrons. The van der Waals surface area contributed by atoms with E-state index in [1.54, 1.807) is 6.92 Å². The highest BCUT2D eigenvalue weighted by Crippen LogP contribution is 2.44. The van der Waals surface area contributed by atoms with Crippen LogP contribution in [0.2, 0.25) is 0 Å². The number of carbonyl (C=O) groups is 3. The fraction of sp³-hybridized carbons (Fsp3) is 0.423. The second-order valence-corrected chi connectivity index (χ2v) is 8.73. The van der Waals surface area contributed by atoms with Gasteiger partial charge >= 0.3 is 12.1 Å². The number of alkyl carbamates (subject to hydrolysis) is 1. The van der Waals surface area contributed by atoms with Gasteiger partial charge < -0.3 is 24.8 Å². The van der Waals surface area contributed by atoms with Gasteiger partial charge in [0, 0.05) is 19.0 Å². The lowest BCUT2D eigenvalue weighted by molar-refractivity contribution is -0.151. The summed E-state index contributed by atoms with van der Waals surface area (Å²) in [7, 11) is 0. The van der Waals surface area contributed by atoms with Crippen LogP contribution in [0.3, 0.4) is 0 Å². The first-order chi connectivity index (χ1) is 16.4. The Balaban J connectivity index is 1.27. The molecule has 1 unspecified atom stereocenters. The van der Waals surface area contributed by atoms with Gasteiger partial charge in [-0.3, -0.25) is 4.79 Å². The number of hydrogen-bond donors (Lipinski definition) is 2. The third-order valence-corrected chi connectivity index (χ3v) is 6.70. The number of fused-ring (bicyclic) bond motifs is 3. The molecule has 1 aliphatic carbocycles. The Labute approximate surface area is 198 Å². The summed E-state index contributed by atoms with van der Waals surface area (Å²) in [6.07, 6.45) is -0.436. The van der Waals surface area contributed by atoms with Crippen LogP contribution in [0.1, 0.15) is 37.3 Å². The molecule has 0 aromatic heterocycles. The maximum atomic E-state index is 12.7. The molecule has 2 aromatic rings. The zero-order valence-corrected chi connectivity index (χ0v) is 19.4. The van der Waals surface area contributed by atoms with E-state index in [1.165, 1.54) is 23.0 Å². The van der Waals surface area contributed by atoms with Crippen LogP contribution in [0.4, 0.5) is 4.79 Å². The Kier molecular flexibility index (Phi) is 7.17. The van der Waals surface area contributed by atoms with E-state index < -0.39 is 24.0 Å². The van der Waals surface area contributed by atoms with Gasteiger partial charge in [0.2, 0.25) is 5.91 Å². The van der Waals surface area contributed by atoms with E-state index in [1.807, 2.05) is 24.3 Å². The van der Waals surface area contributed by atoms with E-state index >= 15 is 0 Å². The first-order valence-corrected chi connectivity index (χ1v) is 11.6. The van der Waals surface area contributed by atoms with Crippen LogP contribution in [-0.2, 0) is 19.1 Å². The molecule has 1 saturated heterocycles. The van der Waals surface area contributed by atoms with E-state index in [2.05, 4.69) is 29.6 Å². The quantitative estimate of drug-likeness (QED) is 0.619. The second-order valence-electron chi connectivity index (χ2n) is 8.73. The van der Waals surface area contributed by atoms with Crippen molar-refractivity contribution in [2.24, 2.45) is 5.92 Å². The zero-order valence-electron chi connectivity index (χ0n) is 19.4. The highest BCUT2D eigenvalue weighted by atomic mass is 16.5. The molecule has 2 aliphatic rings. The van der Waals surface area contributed by atoms with Crippen molar-refractivity contribution in [2.75, 3.05) is 26.3 Å². The Hall–Kier alpha value is -3.39. The van der Waals surface area contributed by atoms with Gasteiger partial charge in [-0.05, 0) is 42.5 Å². The average Bonchev–Trinajstić information content (AvgIpc) is 3.45. The van der Waals surface area contributed by atoms with Crippen molar-refractivity contribution in [1.82, 2.24) is 10.2 Å². The molecule has 1 fully saturated rings. The van der Waals surface area contributed by atoms with Gasteiger partial charge in [-0.1, -0.05) is 48.5 Å². The van der Waals surface area contributed by atoms with E-state index in [0.717, 1.165) is 11.1 Å². The fourth-order valence-electron chi connectivity index (χ4n) is 4.86. The van der Waals surface area contributed by atoms with Crippen molar-refractivity contribution in [1.29, 1.82) is 0 Å². The molecule has 3 atom stereocenters. The molecule has 8 nitrogen and oxygen atoms in total. The topological polar surface area (TPSA) is 105 Å². The first-order valence-electron chi connectivity index (χ1n) is 11.6.